The summed E-state index contributed by atoms with van der Waals surface area (Å²) in [7, 11) is 1.80. The molecule has 0 bridgehead atoms. The molecule has 1 saturated heterocycles. The second-order valence-corrected chi connectivity index (χ2v) is 9.39. The van der Waals surface area contributed by atoms with E-state index in [-0.39, 0.29) is 10.9 Å². The van der Waals surface area contributed by atoms with Gasteiger partial charge in [-0.25, -0.2) is 0 Å². The number of carbonyl (C=O) groups is 1. The molecule has 6 heteroatoms. The Morgan fingerprint density at radius 3 is 2.45 bits per heavy atom. The van der Waals surface area contributed by atoms with Gasteiger partial charge in [-0.1, -0.05) is 36.8 Å². The molecule has 2 saturated carbocycles. The van der Waals surface area contributed by atoms with Crippen molar-refractivity contribution in [1.29, 1.82) is 0 Å². The third-order valence-electron chi connectivity index (χ3n) is 7.42. The Labute approximate surface area is 173 Å². The zero-order valence-corrected chi connectivity index (χ0v) is 17.5. The number of carboxylic acid groups (broad SMARTS) is 1. The van der Waals surface area contributed by atoms with Gasteiger partial charge in [-0.05, 0) is 50.8 Å². The van der Waals surface area contributed by atoms with Gasteiger partial charge in [0.15, 0.2) is 0 Å². The molecule has 1 aliphatic heterocycles. The number of piperidine rings is 1. The van der Waals surface area contributed by atoms with Crippen LogP contribution in [0.5, 0.6) is 0 Å². The maximum Gasteiger partial charge on any atom is 0.310 e. The van der Waals surface area contributed by atoms with Crippen molar-refractivity contribution < 1.29 is 20.1 Å². The highest BCUT2D eigenvalue weighted by Crippen LogP contribution is 2.44. The summed E-state index contributed by atoms with van der Waals surface area (Å²) in [5, 5.41) is 13.4. The number of methoxy groups -OCH3 is 1. The van der Waals surface area contributed by atoms with Crippen molar-refractivity contribution in [3.8, 4) is 0 Å². The third-order valence-corrected chi connectivity index (χ3v) is 7.42. The summed E-state index contributed by atoms with van der Waals surface area (Å²) >= 11 is 0. The summed E-state index contributed by atoms with van der Waals surface area (Å²) in [4.78, 5) is 14.1. The molecular weight excluding hydrogens is 368 g/mol. The van der Waals surface area contributed by atoms with E-state index >= 15 is 0 Å². The molecule has 29 heavy (non-hydrogen) atoms. The van der Waals surface area contributed by atoms with E-state index < -0.39 is 11.4 Å². The van der Waals surface area contributed by atoms with Crippen LogP contribution in [-0.4, -0.2) is 67.4 Å². The first-order chi connectivity index (χ1) is 13.6. The smallest absolute Gasteiger partial charge is 0.310 e. The molecule has 0 aromatic heterocycles. The minimum atomic E-state index is -0.602. The molecule has 2 atom stereocenters. The Balaban J connectivity index is 0.00000240. The van der Waals surface area contributed by atoms with Gasteiger partial charge in [-0.2, -0.15) is 0 Å². The van der Waals surface area contributed by atoms with E-state index in [1.54, 1.807) is 7.11 Å². The van der Waals surface area contributed by atoms with Crippen LogP contribution in [0.1, 0.15) is 50.0 Å². The van der Waals surface area contributed by atoms with Crippen molar-refractivity contribution in [1.82, 2.24) is 10.2 Å². The van der Waals surface area contributed by atoms with E-state index in [9.17, 15) is 9.90 Å². The number of likely N-dealkylation sites (tertiary alicyclic amines) is 1. The first-order valence-corrected chi connectivity index (χ1v) is 10.8. The van der Waals surface area contributed by atoms with Gasteiger partial charge in [0.2, 0.25) is 0 Å². The summed E-state index contributed by atoms with van der Waals surface area (Å²) in [5.41, 5.74) is 1.14. The zero-order valence-electron chi connectivity index (χ0n) is 17.5. The van der Waals surface area contributed by atoms with E-state index in [2.05, 4.69) is 40.5 Å². The Morgan fingerprint density at radius 2 is 1.90 bits per heavy atom. The van der Waals surface area contributed by atoms with Gasteiger partial charge >= 0.3 is 5.97 Å². The van der Waals surface area contributed by atoms with Crippen LogP contribution in [0, 0.1) is 10.8 Å². The number of ether oxygens (including phenoxy) is 1. The molecular formula is C23H36N2O4. The van der Waals surface area contributed by atoms with Crippen LogP contribution in [0.3, 0.4) is 0 Å². The molecule has 3 fully saturated rings. The van der Waals surface area contributed by atoms with Crippen LogP contribution >= 0.6 is 0 Å². The summed E-state index contributed by atoms with van der Waals surface area (Å²) in [6.45, 7) is 4.45. The number of hydrogen-bond acceptors (Lipinski definition) is 4. The predicted molar refractivity (Wildman–Crippen MR) is 113 cm³/mol. The van der Waals surface area contributed by atoms with Crippen molar-refractivity contribution in [3.05, 3.63) is 35.9 Å². The number of hydrogen-bond donors (Lipinski definition) is 2. The van der Waals surface area contributed by atoms with E-state index in [1.165, 1.54) is 12.0 Å². The maximum absolute atomic E-state index is 11.7. The summed E-state index contributed by atoms with van der Waals surface area (Å²) < 4.78 is 5.60. The van der Waals surface area contributed by atoms with Crippen LogP contribution in [0.25, 0.3) is 0 Å². The first-order valence-electron chi connectivity index (χ1n) is 10.8. The summed E-state index contributed by atoms with van der Waals surface area (Å²) in [5.74, 6) is 0.0461. The van der Waals surface area contributed by atoms with E-state index in [1.807, 2.05) is 0 Å². The second-order valence-electron chi connectivity index (χ2n) is 9.39. The molecule has 1 aromatic rings. The molecule has 1 aromatic carbocycles. The minimum Gasteiger partial charge on any atom is -0.481 e. The number of rotatable bonds is 9. The second kappa shape index (κ2) is 9.13. The van der Waals surface area contributed by atoms with Gasteiger partial charge in [0.25, 0.3) is 0 Å². The average Bonchev–Trinajstić information content (AvgIpc) is 3.45. The molecule has 4 N–H and O–H groups in total. The summed E-state index contributed by atoms with van der Waals surface area (Å²) in [6, 6.07) is 11.4. The van der Waals surface area contributed by atoms with Crippen LogP contribution in [0.4, 0.5) is 0 Å². The van der Waals surface area contributed by atoms with Crippen LogP contribution in [0.2, 0.25) is 0 Å². The van der Waals surface area contributed by atoms with Crippen LogP contribution in [0.15, 0.2) is 30.3 Å². The Hall–Kier alpha value is -1.47. The topological polar surface area (TPSA) is 93.3 Å². The van der Waals surface area contributed by atoms with Crippen LogP contribution < -0.4 is 5.32 Å². The lowest BCUT2D eigenvalue weighted by Crippen LogP contribution is -2.53. The van der Waals surface area contributed by atoms with E-state index in [0.29, 0.717) is 12.0 Å². The zero-order chi connectivity index (χ0) is 19.6. The van der Waals surface area contributed by atoms with E-state index in [4.69, 9.17) is 4.74 Å². The fourth-order valence-corrected chi connectivity index (χ4v) is 5.17. The standard InChI is InChI=1S/C23H34N2O3.H2O/c1-28-17-22(15-24-20-14-19(20)18-6-3-2-4-7-18)10-12-25(13-11-22)16-23(21(26)27)8-5-9-23;/h2-4,6-7,19-20,24H,5,8-17H2,1H3,(H,26,27);1H2/t19-,20+;/m0./s1. The molecule has 0 amide bonds. The minimum absolute atomic E-state index is 0. The molecule has 0 radical (unpaired) electrons. The molecule has 4 rings (SSSR count). The highest BCUT2D eigenvalue weighted by atomic mass is 16.5. The molecule has 2 aliphatic carbocycles. The number of nitrogens with zero attached hydrogens (tertiary/aromatic N) is 1. The van der Waals surface area contributed by atoms with Gasteiger partial charge in [-0.3, -0.25) is 4.79 Å². The summed E-state index contributed by atoms with van der Waals surface area (Å²) in [6.07, 6.45) is 6.11. The Morgan fingerprint density at radius 1 is 1.21 bits per heavy atom. The number of aliphatic carboxylic acids is 1. The SMILES string of the molecule is COCC1(CN[C@@H]2C[C@H]2c2ccccc2)CCN(CC2(C(=O)O)CCC2)CC1.O. The maximum atomic E-state index is 11.7. The van der Waals surface area contributed by atoms with Gasteiger partial charge in [-0.15, -0.1) is 0 Å². The average molecular weight is 405 g/mol. The predicted octanol–water partition coefficient (Wildman–Crippen LogP) is 2.29. The molecule has 162 valence electrons. The van der Waals surface area contributed by atoms with Gasteiger partial charge in [0.05, 0.1) is 12.0 Å². The highest BCUT2D eigenvalue weighted by molar-refractivity contribution is 5.76. The first kappa shape index (κ1) is 22.2. The van der Waals surface area contributed by atoms with Crippen LogP contribution in [-0.2, 0) is 9.53 Å². The molecule has 0 unspecified atom stereocenters. The van der Waals surface area contributed by atoms with Gasteiger partial charge < -0.3 is 25.5 Å². The third kappa shape index (κ3) is 4.82. The fraction of sp³-hybridized carbons (Fsp3) is 0.696. The lowest BCUT2D eigenvalue weighted by molar-refractivity contribution is -0.157. The molecule has 3 aliphatic rings. The van der Waals surface area contributed by atoms with Gasteiger partial charge in [0, 0.05) is 37.6 Å². The molecule has 0 spiro atoms. The van der Waals surface area contributed by atoms with Crippen molar-refractivity contribution in [2.75, 3.05) is 39.9 Å². The Kier molecular flexibility index (Phi) is 6.99. The highest BCUT2D eigenvalue weighted by Gasteiger charge is 2.47. The molecule has 6 nitrogen and oxygen atoms in total. The van der Waals surface area contributed by atoms with Crippen molar-refractivity contribution in [2.45, 2.75) is 50.5 Å². The Bertz CT molecular complexity index is 669. The normalized spacial score (nSPS) is 27.5. The van der Waals surface area contributed by atoms with Crippen molar-refractivity contribution in [3.63, 3.8) is 0 Å². The lowest BCUT2D eigenvalue weighted by Gasteiger charge is -2.46. The quantitative estimate of drug-likeness (QED) is 0.659. The van der Waals surface area contributed by atoms with Crippen molar-refractivity contribution in [2.24, 2.45) is 10.8 Å². The number of carboxylic acids is 1. The lowest BCUT2D eigenvalue weighted by atomic mass is 9.68. The number of nitrogens with one attached hydrogen (secondary N) is 1. The van der Waals surface area contributed by atoms with E-state index in [0.717, 1.165) is 64.9 Å². The van der Waals surface area contributed by atoms with Gasteiger partial charge in [0.1, 0.15) is 0 Å². The number of benzene rings is 1. The largest absolute Gasteiger partial charge is 0.481 e. The fourth-order valence-electron chi connectivity index (χ4n) is 5.17. The van der Waals surface area contributed by atoms with Crippen molar-refractivity contribution >= 4 is 5.97 Å². The monoisotopic (exact) mass is 404 g/mol. The molecule has 1 heterocycles.